The number of likely N-dealkylation sites (tertiary alicyclic amines) is 1. The van der Waals surface area contributed by atoms with Crippen molar-refractivity contribution >= 4 is 0 Å². The summed E-state index contributed by atoms with van der Waals surface area (Å²) < 4.78 is 0. The topological polar surface area (TPSA) is 15.3 Å². The van der Waals surface area contributed by atoms with Crippen LogP contribution < -0.4 is 5.32 Å². The molecular formula is C13H28N2. The summed E-state index contributed by atoms with van der Waals surface area (Å²) >= 11 is 0. The average Bonchev–Trinajstić information content (AvgIpc) is 2.27. The zero-order valence-electron chi connectivity index (χ0n) is 11.0. The van der Waals surface area contributed by atoms with Crippen LogP contribution in [0.4, 0.5) is 0 Å². The molecule has 0 aromatic heterocycles. The Morgan fingerprint density at radius 2 is 1.93 bits per heavy atom. The molecule has 0 spiro atoms. The Labute approximate surface area is 95.4 Å². The van der Waals surface area contributed by atoms with Gasteiger partial charge in [-0.1, -0.05) is 20.3 Å². The number of piperidine rings is 1. The molecule has 0 bridgehead atoms. The molecule has 1 aliphatic heterocycles. The summed E-state index contributed by atoms with van der Waals surface area (Å²) in [5.74, 6) is 0. The van der Waals surface area contributed by atoms with E-state index in [0.717, 1.165) is 12.6 Å². The molecule has 90 valence electrons. The molecule has 2 heteroatoms. The van der Waals surface area contributed by atoms with Crippen molar-refractivity contribution in [3.05, 3.63) is 0 Å². The Morgan fingerprint density at radius 3 is 2.40 bits per heavy atom. The largest absolute Gasteiger partial charge is 0.320 e. The third kappa shape index (κ3) is 3.76. The van der Waals surface area contributed by atoms with Crippen molar-refractivity contribution in [2.24, 2.45) is 5.41 Å². The van der Waals surface area contributed by atoms with Crippen LogP contribution in [-0.4, -0.2) is 37.6 Å². The van der Waals surface area contributed by atoms with Crippen LogP contribution in [0, 0.1) is 5.41 Å². The minimum atomic E-state index is 0.624. The molecule has 1 fully saturated rings. The number of nitrogens with one attached hydrogen (secondary N) is 1. The van der Waals surface area contributed by atoms with Crippen LogP contribution in [0.25, 0.3) is 0 Å². The lowest BCUT2D eigenvalue weighted by Gasteiger charge is -2.41. The lowest BCUT2D eigenvalue weighted by Crippen LogP contribution is -2.43. The number of hydrogen-bond donors (Lipinski definition) is 1. The molecule has 1 saturated heterocycles. The second kappa shape index (κ2) is 5.86. The Balaban J connectivity index is 2.30. The van der Waals surface area contributed by atoms with Gasteiger partial charge in [0.25, 0.3) is 0 Å². The Bertz CT molecular complexity index is 171. The summed E-state index contributed by atoms with van der Waals surface area (Å²) in [5.41, 5.74) is 0.624. The van der Waals surface area contributed by atoms with Crippen molar-refractivity contribution < 1.29 is 0 Å². The average molecular weight is 212 g/mol. The van der Waals surface area contributed by atoms with Crippen molar-refractivity contribution in [3.8, 4) is 0 Å². The summed E-state index contributed by atoms with van der Waals surface area (Å²) in [7, 11) is 2.04. The highest BCUT2D eigenvalue weighted by atomic mass is 15.2. The number of nitrogens with zero attached hydrogens (tertiary/aromatic N) is 1. The van der Waals surface area contributed by atoms with Gasteiger partial charge in [0.15, 0.2) is 0 Å². The highest BCUT2D eigenvalue weighted by Gasteiger charge is 2.29. The SMILES string of the molecule is CCC1(C)CCN(C(C)CCNC)CC1. The molecule has 0 amide bonds. The molecule has 15 heavy (non-hydrogen) atoms. The van der Waals surface area contributed by atoms with Gasteiger partial charge < -0.3 is 10.2 Å². The van der Waals surface area contributed by atoms with Gasteiger partial charge >= 0.3 is 0 Å². The van der Waals surface area contributed by atoms with E-state index in [1.807, 2.05) is 7.05 Å². The Kier molecular flexibility index (Phi) is 5.07. The molecule has 1 rings (SSSR count). The summed E-state index contributed by atoms with van der Waals surface area (Å²) in [6.07, 6.45) is 5.38. The lowest BCUT2D eigenvalue weighted by atomic mass is 9.78. The van der Waals surface area contributed by atoms with E-state index >= 15 is 0 Å². The van der Waals surface area contributed by atoms with Gasteiger partial charge in [-0.2, -0.15) is 0 Å². The predicted molar refractivity (Wildman–Crippen MR) is 67.2 cm³/mol. The van der Waals surface area contributed by atoms with E-state index in [9.17, 15) is 0 Å². The fourth-order valence-electron chi connectivity index (χ4n) is 2.39. The van der Waals surface area contributed by atoms with E-state index in [1.54, 1.807) is 0 Å². The smallest absolute Gasteiger partial charge is 0.00790 e. The third-order valence-electron chi connectivity index (χ3n) is 4.29. The van der Waals surface area contributed by atoms with E-state index in [1.165, 1.54) is 38.8 Å². The van der Waals surface area contributed by atoms with Crippen molar-refractivity contribution in [1.82, 2.24) is 10.2 Å². The monoisotopic (exact) mass is 212 g/mol. The van der Waals surface area contributed by atoms with Gasteiger partial charge in [0, 0.05) is 6.04 Å². The maximum Gasteiger partial charge on any atom is 0.00790 e. The molecule has 1 aliphatic rings. The summed E-state index contributed by atoms with van der Waals surface area (Å²) in [6.45, 7) is 10.9. The van der Waals surface area contributed by atoms with Crippen LogP contribution in [0.1, 0.15) is 46.5 Å². The van der Waals surface area contributed by atoms with Crippen molar-refractivity contribution in [2.45, 2.75) is 52.5 Å². The molecule has 0 aromatic carbocycles. The molecular weight excluding hydrogens is 184 g/mol. The first-order valence-electron chi connectivity index (χ1n) is 6.50. The van der Waals surface area contributed by atoms with Crippen LogP contribution in [-0.2, 0) is 0 Å². The van der Waals surface area contributed by atoms with E-state index in [-0.39, 0.29) is 0 Å². The van der Waals surface area contributed by atoms with Gasteiger partial charge in [-0.15, -0.1) is 0 Å². The standard InChI is InChI=1S/C13H28N2/c1-5-13(3)7-10-15(11-8-13)12(2)6-9-14-4/h12,14H,5-11H2,1-4H3. The van der Waals surface area contributed by atoms with E-state index in [0.29, 0.717) is 5.41 Å². The Morgan fingerprint density at radius 1 is 1.33 bits per heavy atom. The molecule has 1 atom stereocenters. The van der Waals surface area contributed by atoms with Crippen LogP contribution >= 0.6 is 0 Å². The molecule has 2 nitrogen and oxygen atoms in total. The zero-order chi connectivity index (χ0) is 11.3. The van der Waals surface area contributed by atoms with Crippen molar-refractivity contribution in [2.75, 3.05) is 26.7 Å². The minimum absolute atomic E-state index is 0.624. The normalized spacial score (nSPS) is 24.0. The van der Waals surface area contributed by atoms with E-state index < -0.39 is 0 Å². The quantitative estimate of drug-likeness (QED) is 0.753. The van der Waals surface area contributed by atoms with Crippen molar-refractivity contribution in [1.29, 1.82) is 0 Å². The number of rotatable bonds is 5. The predicted octanol–water partition coefficient (Wildman–Crippen LogP) is 2.50. The van der Waals surface area contributed by atoms with Gasteiger partial charge in [-0.05, 0) is 58.3 Å². The van der Waals surface area contributed by atoms with Crippen LogP contribution in [0.2, 0.25) is 0 Å². The first-order chi connectivity index (χ1) is 7.11. The highest BCUT2D eigenvalue weighted by molar-refractivity contribution is 4.83. The first-order valence-corrected chi connectivity index (χ1v) is 6.50. The minimum Gasteiger partial charge on any atom is -0.320 e. The van der Waals surface area contributed by atoms with E-state index in [2.05, 4.69) is 31.0 Å². The van der Waals surface area contributed by atoms with Crippen LogP contribution in [0.5, 0.6) is 0 Å². The van der Waals surface area contributed by atoms with Gasteiger partial charge in [0.1, 0.15) is 0 Å². The lowest BCUT2D eigenvalue weighted by molar-refractivity contribution is 0.0836. The fraction of sp³-hybridized carbons (Fsp3) is 1.00. The van der Waals surface area contributed by atoms with Gasteiger partial charge in [0.05, 0.1) is 0 Å². The third-order valence-corrected chi connectivity index (χ3v) is 4.29. The summed E-state index contributed by atoms with van der Waals surface area (Å²) in [6, 6.07) is 0.749. The van der Waals surface area contributed by atoms with Gasteiger partial charge in [0.2, 0.25) is 0 Å². The molecule has 0 radical (unpaired) electrons. The first kappa shape index (κ1) is 13.0. The maximum absolute atomic E-state index is 3.24. The van der Waals surface area contributed by atoms with Crippen LogP contribution in [0.15, 0.2) is 0 Å². The molecule has 0 saturated carbocycles. The second-order valence-electron chi connectivity index (χ2n) is 5.44. The zero-order valence-corrected chi connectivity index (χ0v) is 11.0. The molecule has 1 unspecified atom stereocenters. The molecule has 1 N–H and O–H groups in total. The van der Waals surface area contributed by atoms with Crippen molar-refractivity contribution in [3.63, 3.8) is 0 Å². The van der Waals surface area contributed by atoms with Crippen LogP contribution in [0.3, 0.4) is 0 Å². The Hall–Kier alpha value is -0.0800. The second-order valence-corrected chi connectivity index (χ2v) is 5.44. The molecule has 0 aromatic rings. The maximum atomic E-state index is 3.24. The number of hydrogen-bond acceptors (Lipinski definition) is 2. The summed E-state index contributed by atoms with van der Waals surface area (Å²) in [5, 5.41) is 3.24. The van der Waals surface area contributed by atoms with Gasteiger partial charge in [-0.25, -0.2) is 0 Å². The fourth-order valence-corrected chi connectivity index (χ4v) is 2.39. The summed E-state index contributed by atoms with van der Waals surface area (Å²) in [4.78, 5) is 2.66. The van der Waals surface area contributed by atoms with E-state index in [4.69, 9.17) is 0 Å². The highest BCUT2D eigenvalue weighted by Crippen LogP contribution is 2.34. The molecule has 0 aliphatic carbocycles. The van der Waals surface area contributed by atoms with Gasteiger partial charge in [-0.3, -0.25) is 0 Å². The molecule has 1 heterocycles.